The molecule has 0 radical (unpaired) electrons. The van der Waals surface area contributed by atoms with E-state index in [2.05, 4.69) is 10.3 Å². The summed E-state index contributed by atoms with van der Waals surface area (Å²) >= 11 is 0. The van der Waals surface area contributed by atoms with Crippen LogP contribution >= 0.6 is 0 Å². The topological polar surface area (TPSA) is 88.3 Å². The molecule has 0 aromatic carbocycles. The van der Waals surface area contributed by atoms with Crippen molar-refractivity contribution in [2.24, 2.45) is 5.92 Å². The molecule has 0 aliphatic rings. The van der Waals surface area contributed by atoms with Gasteiger partial charge in [0.2, 0.25) is 0 Å². The second kappa shape index (κ2) is 5.97. The van der Waals surface area contributed by atoms with Gasteiger partial charge in [-0.2, -0.15) is 0 Å². The number of aliphatic hydroxyl groups is 1. The Morgan fingerprint density at radius 1 is 1.58 bits per heavy atom. The Kier molecular flexibility index (Phi) is 4.83. The van der Waals surface area contributed by atoms with Crippen molar-refractivity contribution in [2.75, 3.05) is 11.9 Å². The molecule has 2 N–H and O–H groups in total. The van der Waals surface area contributed by atoms with Crippen molar-refractivity contribution >= 4 is 11.5 Å². The molecule has 19 heavy (non-hydrogen) atoms. The summed E-state index contributed by atoms with van der Waals surface area (Å²) in [5.41, 5.74) is -0.281. The Balaban J connectivity index is 2.69. The first-order chi connectivity index (χ1) is 8.71. The highest BCUT2D eigenvalue weighted by molar-refractivity contribution is 5.46. The van der Waals surface area contributed by atoms with Crippen molar-refractivity contribution < 1.29 is 10.0 Å². The predicted molar refractivity (Wildman–Crippen MR) is 74.2 cm³/mol. The summed E-state index contributed by atoms with van der Waals surface area (Å²) in [6.07, 6.45) is 1.90. The van der Waals surface area contributed by atoms with Gasteiger partial charge in [0.15, 0.2) is 0 Å². The minimum atomic E-state index is -0.828. The molecule has 6 heteroatoms. The van der Waals surface area contributed by atoms with Crippen molar-refractivity contribution in [1.29, 1.82) is 0 Å². The first kappa shape index (κ1) is 15.4. The highest BCUT2D eigenvalue weighted by Gasteiger charge is 2.22. The van der Waals surface area contributed by atoms with E-state index in [-0.39, 0.29) is 5.69 Å². The van der Waals surface area contributed by atoms with Gasteiger partial charge < -0.3 is 10.4 Å². The number of hydrogen-bond donors (Lipinski definition) is 2. The van der Waals surface area contributed by atoms with E-state index < -0.39 is 10.5 Å². The number of nitrogens with zero attached hydrogens (tertiary/aromatic N) is 2. The van der Waals surface area contributed by atoms with Gasteiger partial charge in [-0.25, -0.2) is 4.98 Å². The third kappa shape index (κ3) is 4.82. The Morgan fingerprint density at radius 2 is 2.21 bits per heavy atom. The fourth-order valence-electron chi connectivity index (χ4n) is 2.07. The average molecular weight is 267 g/mol. The van der Waals surface area contributed by atoms with Gasteiger partial charge in [0.05, 0.1) is 10.5 Å². The van der Waals surface area contributed by atoms with Crippen molar-refractivity contribution in [2.45, 2.75) is 39.7 Å². The number of nitro groups is 1. The Hall–Kier alpha value is -1.69. The quantitative estimate of drug-likeness (QED) is 0.610. The molecular formula is C13H21N3O3. The molecule has 1 heterocycles. The van der Waals surface area contributed by atoms with Gasteiger partial charge in [-0.1, -0.05) is 13.8 Å². The molecule has 0 saturated carbocycles. The maximum Gasteiger partial charge on any atom is 0.290 e. The summed E-state index contributed by atoms with van der Waals surface area (Å²) in [4.78, 5) is 14.2. The van der Waals surface area contributed by atoms with Crippen molar-refractivity contribution in [3.63, 3.8) is 0 Å². The van der Waals surface area contributed by atoms with Crippen LogP contribution in [0.4, 0.5) is 11.5 Å². The van der Waals surface area contributed by atoms with E-state index in [9.17, 15) is 15.2 Å². The molecule has 0 bridgehead atoms. The molecule has 0 saturated heterocycles. The third-order valence-electron chi connectivity index (χ3n) is 2.78. The van der Waals surface area contributed by atoms with Gasteiger partial charge >= 0.3 is 0 Å². The first-order valence-corrected chi connectivity index (χ1v) is 6.28. The van der Waals surface area contributed by atoms with E-state index in [1.807, 2.05) is 13.8 Å². The number of aromatic nitrogens is 1. The zero-order chi connectivity index (χ0) is 14.6. The predicted octanol–water partition coefficient (Wildman–Crippen LogP) is 2.51. The van der Waals surface area contributed by atoms with Gasteiger partial charge in [0, 0.05) is 12.1 Å². The number of nitrogens with one attached hydrogen (secondary N) is 1. The van der Waals surface area contributed by atoms with Crippen LogP contribution in [0.3, 0.4) is 0 Å². The number of anilines is 1. The lowest BCUT2D eigenvalue weighted by atomic mass is 9.94. The highest BCUT2D eigenvalue weighted by Crippen LogP contribution is 2.20. The second-order valence-electron chi connectivity index (χ2n) is 5.56. The molecule has 6 nitrogen and oxygen atoms in total. The van der Waals surface area contributed by atoms with Crippen LogP contribution in [0.1, 0.15) is 32.8 Å². The summed E-state index contributed by atoms with van der Waals surface area (Å²) in [6.45, 7) is 7.87. The lowest BCUT2D eigenvalue weighted by molar-refractivity contribution is -0.385. The van der Waals surface area contributed by atoms with Crippen LogP contribution in [-0.4, -0.2) is 27.2 Å². The molecule has 106 valence electrons. The summed E-state index contributed by atoms with van der Waals surface area (Å²) in [7, 11) is 0. The van der Waals surface area contributed by atoms with Crippen LogP contribution < -0.4 is 5.32 Å². The molecular weight excluding hydrogens is 246 g/mol. The number of hydrogen-bond acceptors (Lipinski definition) is 5. The van der Waals surface area contributed by atoms with Crippen LogP contribution in [0.15, 0.2) is 12.3 Å². The van der Waals surface area contributed by atoms with Crippen molar-refractivity contribution in [1.82, 2.24) is 4.98 Å². The van der Waals surface area contributed by atoms with Crippen LogP contribution in [0.25, 0.3) is 0 Å². The van der Waals surface area contributed by atoms with E-state index in [1.54, 1.807) is 19.9 Å². The van der Waals surface area contributed by atoms with Gasteiger partial charge in [-0.05, 0) is 32.3 Å². The van der Waals surface area contributed by atoms with E-state index in [0.717, 1.165) is 0 Å². The lowest BCUT2D eigenvalue weighted by Crippen LogP contribution is -2.35. The second-order valence-corrected chi connectivity index (χ2v) is 5.56. The van der Waals surface area contributed by atoms with E-state index in [0.29, 0.717) is 30.3 Å². The van der Waals surface area contributed by atoms with E-state index in [1.165, 1.54) is 6.20 Å². The maximum absolute atomic E-state index is 10.7. The molecule has 1 unspecified atom stereocenters. The largest absolute Gasteiger partial charge is 0.388 e. The molecule has 0 spiro atoms. The zero-order valence-corrected chi connectivity index (χ0v) is 11.8. The van der Waals surface area contributed by atoms with Crippen LogP contribution in [0.5, 0.6) is 0 Å². The van der Waals surface area contributed by atoms with Gasteiger partial charge in [-0.3, -0.25) is 10.1 Å². The van der Waals surface area contributed by atoms with E-state index in [4.69, 9.17) is 0 Å². The standard InChI is InChI=1S/C13H21N3O3/c1-9(2)6-13(4,17)8-15-12-5-10(3)11(7-14-12)16(18)19/h5,7,9,17H,6,8H2,1-4H3,(H,14,15). The molecule has 0 aliphatic carbocycles. The molecule has 0 amide bonds. The number of pyridine rings is 1. The molecule has 0 aliphatic heterocycles. The lowest BCUT2D eigenvalue weighted by Gasteiger charge is -2.25. The smallest absolute Gasteiger partial charge is 0.290 e. The maximum atomic E-state index is 10.7. The summed E-state index contributed by atoms with van der Waals surface area (Å²) < 4.78 is 0. The molecule has 1 aromatic heterocycles. The minimum absolute atomic E-state index is 0.000472. The van der Waals surface area contributed by atoms with Gasteiger partial charge in [-0.15, -0.1) is 0 Å². The van der Waals surface area contributed by atoms with Crippen LogP contribution in [-0.2, 0) is 0 Å². The van der Waals surface area contributed by atoms with Crippen molar-refractivity contribution in [3.05, 3.63) is 27.9 Å². The monoisotopic (exact) mass is 267 g/mol. The van der Waals surface area contributed by atoms with Gasteiger partial charge in [0.25, 0.3) is 5.69 Å². The van der Waals surface area contributed by atoms with Crippen molar-refractivity contribution in [3.8, 4) is 0 Å². The minimum Gasteiger partial charge on any atom is -0.388 e. The van der Waals surface area contributed by atoms with E-state index >= 15 is 0 Å². The number of aryl methyl sites for hydroxylation is 1. The summed E-state index contributed by atoms with van der Waals surface area (Å²) in [5.74, 6) is 0.926. The number of rotatable bonds is 6. The Bertz CT molecular complexity index is 458. The molecule has 1 aromatic rings. The van der Waals surface area contributed by atoms with Crippen LogP contribution in [0.2, 0.25) is 0 Å². The average Bonchev–Trinajstić information content (AvgIpc) is 2.24. The van der Waals surface area contributed by atoms with Crippen LogP contribution in [0, 0.1) is 23.0 Å². The highest BCUT2D eigenvalue weighted by atomic mass is 16.6. The Morgan fingerprint density at radius 3 is 2.68 bits per heavy atom. The molecule has 1 rings (SSSR count). The van der Waals surface area contributed by atoms with Gasteiger partial charge in [0.1, 0.15) is 12.0 Å². The molecule has 0 fully saturated rings. The zero-order valence-electron chi connectivity index (χ0n) is 11.8. The fraction of sp³-hybridized carbons (Fsp3) is 0.615. The first-order valence-electron chi connectivity index (χ1n) is 6.28. The summed E-state index contributed by atoms with van der Waals surface area (Å²) in [6, 6.07) is 1.61. The summed E-state index contributed by atoms with van der Waals surface area (Å²) in [5, 5.41) is 23.8. The molecule has 1 atom stereocenters. The fourth-order valence-corrected chi connectivity index (χ4v) is 2.07. The third-order valence-corrected chi connectivity index (χ3v) is 2.78. The SMILES string of the molecule is Cc1cc(NCC(C)(O)CC(C)C)ncc1[N+](=O)[O-]. The normalized spacial score (nSPS) is 14.2. The Labute approximate surface area is 113 Å².